The molecule has 4 nitrogen and oxygen atoms in total. The topological polar surface area (TPSA) is 42.7 Å². The zero-order valence-electron chi connectivity index (χ0n) is 11.0. The van der Waals surface area contributed by atoms with Crippen LogP contribution in [-0.2, 0) is 19.6 Å². The van der Waals surface area contributed by atoms with Gasteiger partial charge in [0.15, 0.2) is 0 Å². The molecule has 0 aliphatic carbocycles. The van der Waals surface area contributed by atoms with Gasteiger partial charge in [-0.15, -0.1) is 0 Å². The molecule has 0 radical (unpaired) electrons. The molecule has 0 spiro atoms. The first kappa shape index (κ1) is 12.8. The zero-order valence-corrected chi connectivity index (χ0v) is 11.0. The first-order valence-electron chi connectivity index (χ1n) is 6.37. The third-order valence-electron chi connectivity index (χ3n) is 2.69. The Hall–Kier alpha value is -1.68. The number of nitrogens with zero attached hydrogens (tertiary/aromatic N) is 3. The molecule has 0 saturated carbocycles. The maximum Gasteiger partial charge on any atom is 0.140 e. The molecule has 0 aliphatic rings. The van der Waals surface area contributed by atoms with Crippen molar-refractivity contribution in [1.82, 2.24) is 20.1 Å². The van der Waals surface area contributed by atoms with Gasteiger partial charge in [-0.2, -0.15) is 5.10 Å². The Labute approximate surface area is 108 Å². The molecule has 2 rings (SSSR count). The monoisotopic (exact) mass is 244 g/mol. The van der Waals surface area contributed by atoms with Crippen LogP contribution in [0.4, 0.5) is 0 Å². The molecule has 96 valence electrons. The predicted molar refractivity (Wildman–Crippen MR) is 71.8 cm³/mol. The van der Waals surface area contributed by atoms with E-state index in [0.717, 1.165) is 25.5 Å². The fourth-order valence-electron chi connectivity index (χ4n) is 1.84. The molecular weight excluding hydrogens is 224 g/mol. The number of nitrogens with one attached hydrogen (secondary N) is 1. The van der Waals surface area contributed by atoms with Gasteiger partial charge >= 0.3 is 0 Å². The van der Waals surface area contributed by atoms with Gasteiger partial charge in [0.1, 0.15) is 12.2 Å². The van der Waals surface area contributed by atoms with Crippen molar-refractivity contribution in [3.8, 4) is 0 Å². The molecule has 0 atom stereocenters. The summed E-state index contributed by atoms with van der Waals surface area (Å²) in [6.45, 7) is 6.89. The van der Waals surface area contributed by atoms with Gasteiger partial charge in [0.25, 0.3) is 0 Å². The second kappa shape index (κ2) is 6.31. The first-order chi connectivity index (χ1) is 8.75. The standard InChI is InChI=1S/C14H20N4/c1-12(2)10-18-14(16-11-17-18)9-15-8-13-6-4-3-5-7-13/h3-7,11-12,15H,8-10H2,1-2H3. The highest BCUT2D eigenvalue weighted by molar-refractivity contribution is 5.14. The lowest BCUT2D eigenvalue weighted by atomic mass is 10.2. The van der Waals surface area contributed by atoms with E-state index in [-0.39, 0.29) is 0 Å². The Morgan fingerprint density at radius 3 is 2.67 bits per heavy atom. The minimum atomic E-state index is 0.583. The molecule has 0 aliphatic heterocycles. The minimum absolute atomic E-state index is 0.583. The van der Waals surface area contributed by atoms with Crippen molar-refractivity contribution < 1.29 is 0 Å². The highest BCUT2D eigenvalue weighted by Crippen LogP contribution is 2.02. The van der Waals surface area contributed by atoms with Gasteiger partial charge in [-0.1, -0.05) is 44.2 Å². The van der Waals surface area contributed by atoms with Crippen LogP contribution in [-0.4, -0.2) is 14.8 Å². The van der Waals surface area contributed by atoms with Crippen molar-refractivity contribution >= 4 is 0 Å². The van der Waals surface area contributed by atoms with E-state index in [2.05, 4.69) is 53.5 Å². The number of benzene rings is 1. The second-order valence-corrected chi connectivity index (χ2v) is 4.84. The summed E-state index contributed by atoms with van der Waals surface area (Å²) < 4.78 is 1.97. The van der Waals surface area contributed by atoms with Crippen LogP contribution in [0.5, 0.6) is 0 Å². The largest absolute Gasteiger partial charge is 0.306 e. The van der Waals surface area contributed by atoms with Crippen molar-refractivity contribution in [2.75, 3.05) is 0 Å². The lowest BCUT2D eigenvalue weighted by Crippen LogP contribution is -2.18. The van der Waals surface area contributed by atoms with Crippen LogP contribution in [0.3, 0.4) is 0 Å². The summed E-state index contributed by atoms with van der Waals surface area (Å²) >= 11 is 0. The van der Waals surface area contributed by atoms with E-state index in [1.54, 1.807) is 6.33 Å². The Balaban J connectivity index is 1.85. The maximum absolute atomic E-state index is 4.29. The number of rotatable bonds is 6. The molecule has 0 bridgehead atoms. The van der Waals surface area contributed by atoms with Crippen LogP contribution in [0.25, 0.3) is 0 Å². The van der Waals surface area contributed by atoms with Crippen molar-refractivity contribution in [2.24, 2.45) is 5.92 Å². The molecule has 18 heavy (non-hydrogen) atoms. The fraction of sp³-hybridized carbons (Fsp3) is 0.429. The molecule has 0 fully saturated rings. The molecule has 4 heteroatoms. The predicted octanol–water partition coefficient (Wildman–Crippen LogP) is 2.22. The summed E-state index contributed by atoms with van der Waals surface area (Å²) in [6, 6.07) is 10.4. The normalized spacial score (nSPS) is 11.1. The lowest BCUT2D eigenvalue weighted by Gasteiger charge is -2.09. The quantitative estimate of drug-likeness (QED) is 0.847. The van der Waals surface area contributed by atoms with Gasteiger partial charge in [-0.05, 0) is 11.5 Å². The average molecular weight is 244 g/mol. The van der Waals surface area contributed by atoms with Crippen LogP contribution in [0.1, 0.15) is 25.2 Å². The number of aromatic nitrogens is 3. The van der Waals surface area contributed by atoms with Crippen LogP contribution >= 0.6 is 0 Å². The summed E-state index contributed by atoms with van der Waals surface area (Å²) in [5, 5.41) is 7.64. The third-order valence-corrected chi connectivity index (χ3v) is 2.69. The van der Waals surface area contributed by atoms with E-state index in [9.17, 15) is 0 Å². The molecule has 0 unspecified atom stereocenters. The van der Waals surface area contributed by atoms with Gasteiger partial charge in [0, 0.05) is 13.1 Å². The molecule has 1 heterocycles. The summed E-state index contributed by atoms with van der Waals surface area (Å²) in [5.74, 6) is 1.58. The lowest BCUT2D eigenvalue weighted by molar-refractivity contribution is 0.457. The molecule has 1 N–H and O–H groups in total. The van der Waals surface area contributed by atoms with E-state index >= 15 is 0 Å². The van der Waals surface area contributed by atoms with Gasteiger partial charge in [-0.25, -0.2) is 9.67 Å². The maximum atomic E-state index is 4.29. The van der Waals surface area contributed by atoms with E-state index < -0.39 is 0 Å². The summed E-state index contributed by atoms with van der Waals surface area (Å²) in [7, 11) is 0. The van der Waals surface area contributed by atoms with Crippen molar-refractivity contribution in [3.05, 3.63) is 48.0 Å². The summed E-state index contributed by atoms with van der Waals surface area (Å²) in [6.07, 6.45) is 1.63. The Morgan fingerprint density at radius 1 is 1.17 bits per heavy atom. The molecule has 1 aromatic carbocycles. The van der Waals surface area contributed by atoms with Gasteiger partial charge in [0.2, 0.25) is 0 Å². The third kappa shape index (κ3) is 3.67. The van der Waals surface area contributed by atoms with Gasteiger partial charge in [0.05, 0.1) is 6.54 Å². The van der Waals surface area contributed by atoms with Crippen LogP contribution in [0.2, 0.25) is 0 Å². The highest BCUT2D eigenvalue weighted by Gasteiger charge is 2.05. The smallest absolute Gasteiger partial charge is 0.140 e. The first-order valence-corrected chi connectivity index (χ1v) is 6.37. The molecule has 0 amide bonds. The van der Waals surface area contributed by atoms with Crippen LogP contribution in [0.15, 0.2) is 36.7 Å². The molecule has 1 aromatic heterocycles. The average Bonchev–Trinajstić information content (AvgIpc) is 2.77. The van der Waals surface area contributed by atoms with Crippen LogP contribution < -0.4 is 5.32 Å². The van der Waals surface area contributed by atoms with Crippen LogP contribution in [0, 0.1) is 5.92 Å². The molecule has 0 saturated heterocycles. The Bertz CT molecular complexity index is 462. The van der Waals surface area contributed by atoms with Gasteiger partial charge in [-0.3, -0.25) is 0 Å². The summed E-state index contributed by atoms with van der Waals surface area (Å²) in [5.41, 5.74) is 1.28. The fourth-order valence-corrected chi connectivity index (χ4v) is 1.84. The van der Waals surface area contributed by atoms with E-state index in [0.29, 0.717) is 5.92 Å². The highest BCUT2D eigenvalue weighted by atomic mass is 15.3. The molecule has 2 aromatic rings. The van der Waals surface area contributed by atoms with Crippen molar-refractivity contribution in [1.29, 1.82) is 0 Å². The van der Waals surface area contributed by atoms with Crippen molar-refractivity contribution in [3.63, 3.8) is 0 Å². The SMILES string of the molecule is CC(C)Cn1ncnc1CNCc1ccccc1. The Kier molecular flexibility index (Phi) is 4.47. The zero-order chi connectivity index (χ0) is 12.8. The number of hydrogen-bond acceptors (Lipinski definition) is 3. The molecular formula is C14H20N4. The van der Waals surface area contributed by atoms with Gasteiger partial charge < -0.3 is 5.32 Å². The number of hydrogen-bond donors (Lipinski definition) is 1. The Morgan fingerprint density at radius 2 is 1.94 bits per heavy atom. The second-order valence-electron chi connectivity index (χ2n) is 4.84. The minimum Gasteiger partial charge on any atom is -0.306 e. The van der Waals surface area contributed by atoms with E-state index in [1.807, 2.05) is 10.7 Å². The van der Waals surface area contributed by atoms with E-state index in [1.165, 1.54) is 5.56 Å². The summed E-state index contributed by atoms with van der Waals surface area (Å²) in [4.78, 5) is 4.29. The van der Waals surface area contributed by atoms with E-state index in [4.69, 9.17) is 0 Å². The van der Waals surface area contributed by atoms with Crippen molar-refractivity contribution in [2.45, 2.75) is 33.5 Å².